The molecule has 0 saturated heterocycles. The molecule has 18 heavy (non-hydrogen) atoms. The number of fused-ring (bicyclic) bond motifs is 1. The minimum absolute atomic E-state index is 0.384. The zero-order valence-electron chi connectivity index (χ0n) is 9.97. The van der Waals surface area contributed by atoms with E-state index < -0.39 is 0 Å². The average Bonchev–Trinajstić information content (AvgIpc) is 2.81. The van der Waals surface area contributed by atoms with E-state index in [1.165, 1.54) is 25.2 Å². The molecule has 0 amide bonds. The monoisotopic (exact) mass is 297 g/mol. The van der Waals surface area contributed by atoms with E-state index in [1.807, 2.05) is 24.3 Å². The van der Waals surface area contributed by atoms with E-state index >= 15 is 0 Å². The van der Waals surface area contributed by atoms with Crippen molar-refractivity contribution in [3.8, 4) is 16.1 Å². The van der Waals surface area contributed by atoms with Gasteiger partial charge in [0, 0.05) is 0 Å². The Morgan fingerprint density at radius 2 is 1.78 bits per heavy atom. The van der Waals surface area contributed by atoms with Crippen LogP contribution in [-0.2, 0) is 0 Å². The van der Waals surface area contributed by atoms with Crippen molar-refractivity contribution >= 4 is 24.1 Å². The number of aryl methyl sites for hydroxylation is 1. The second-order valence-electron chi connectivity index (χ2n) is 4.34. The first-order chi connectivity index (χ1) is 8.76. The van der Waals surface area contributed by atoms with Gasteiger partial charge in [0.1, 0.15) is 0 Å². The van der Waals surface area contributed by atoms with E-state index in [0.717, 1.165) is 5.56 Å². The molecule has 3 rings (SSSR count). The summed E-state index contributed by atoms with van der Waals surface area (Å²) >= 11 is 0.384. The number of rotatable bonds is 1. The van der Waals surface area contributed by atoms with Crippen molar-refractivity contribution in [2.24, 2.45) is 0 Å². The molecule has 0 aliphatic rings. The van der Waals surface area contributed by atoms with Gasteiger partial charge in [-0.1, -0.05) is 0 Å². The van der Waals surface area contributed by atoms with Gasteiger partial charge in [-0.2, -0.15) is 0 Å². The second-order valence-corrected chi connectivity index (χ2v) is 6.61. The summed E-state index contributed by atoms with van der Waals surface area (Å²) in [5.74, 6) is 0. The third-order valence-electron chi connectivity index (χ3n) is 2.97. The van der Waals surface area contributed by atoms with Crippen LogP contribution in [0.25, 0.3) is 19.6 Å². The van der Waals surface area contributed by atoms with Crippen molar-refractivity contribution in [1.29, 1.82) is 5.26 Å². The third-order valence-corrected chi connectivity index (χ3v) is 5.38. The van der Waals surface area contributed by atoms with Crippen molar-refractivity contribution in [3.05, 3.63) is 59.7 Å². The van der Waals surface area contributed by atoms with Crippen LogP contribution < -0.4 is 0 Å². The second kappa shape index (κ2) is 4.46. The van der Waals surface area contributed by atoms with Crippen LogP contribution in [0.15, 0.2) is 48.5 Å². The molecule has 1 heterocycles. The number of nitrogens with zero attached hydrogens (tertiary/aromatic N) is 1. The van der Waals surface area contributed by atoms with Gasteiger partial charge in [0.05, 0.1) is 0 Å². The van der Waals surface area contributed by atoms with Gasteiger partial charge in [-0.15, -0.1) is 0 Å². The third kappa shape index (κ3) is 1.99. The molecule has 0 unspecified atom stereocenters. The molecule has 0 radical (unpaired) electrons. The van der Waals surface area contributed by atoms with Crippen LogP contribution >= 0.6 is 0 Å². The van der Waals surface area contributed by atoms with E-state index in [0.29, 0.717) is 14.5 Å². The topological polar surface area (TPSA) is 23.8 Å². The SMILES string of the molecule is Cc1ccc2cc(-c3ccc(C#N)cc3)[se]c2c1. The average molecular weight is 296 g/mol. The molecule has 0 bridgehead atoms. The van der Waals surface area contributed by atoms with Gasteiger partial charge < -0.3 is 0 Å². The van der Waals surface area contributed by atoms with Crippen molar-refractivity contribution in [1.82, 2.24) is 0 Å². The molecule has 0 atom stereocenters. The van der Waals surface area contributed by atoms with Crippen LogP contribution in [0.3, 0.4) is 0 Å². The Kier molecular flexibility index (Phi) is 2.80. The summed E-state index contributed by atoms with van der Waals surface area (Å²) in [5.41, 5.74) is 3.28. The Morgan fingerprint density at radius 1 is 1.00 bits per heavy atom. The first kappa shape index (κ1) is 11.3. The van der Waals surface area contributed by atoms with Gasteiger partial charge in [0.15, 0.2) is 0 Å². The van der Waals surface area contributed by atoms with Crippen LogP contribution in [-0.4, -0.2) is 14.5 Å². The number of hydrogen-bond acceptors (Lipinski definition) is 1. The summed E-state index contributed by atoms with van der Waals surface area (Å²) < 4.78 is 2.86. The molecule has 0 aliphatic carbocycles. The predicted molar refractivity (Wildman–Crippen MR) is 75.8 cm³/mol. The molecule has 3 aromatic rings. The maximum atomic E-state index is 8.81. The van der Waals surface area contributed by atoms with Crippen molar-refractivity contribution in [2.75, 3.05) is 0 Å². The van der Waals surface area contributed by atoms with Gasteiger partial charge in [-0.05, 0) is 0 Å². The Balaban J connectivity index is 2.10. The molecule has 1 aromatic heterocycles. The summed E-state index contributed by atoms with van der Waals surface area (Å²) in [6.07, 6.45) is 0. The Morgan fingerprint density at radius 3 is 2.50 bits per heavy atom. The van der Waals surface area contributed by atoms with Crippen molar-refractivity contribution in [3.63, 3.8) is 0 Å². The quantitative estimate of drug-likeness (QED) is 0.627. The van der Waals surface area contributed by atoms with E-state index in [1.54, 1.807) is 0 Å². The van der Waals surface area contributed by atoms with Crippen LogP contribution in [0, 0.1) is 18.3 Å². The Bertz CT molecular complexity index is 745. The Hall–Kier alpha value is -1.81. The molecule has 0 aliphatic heterocycles. The molecule has 2 heteroatoms. The van der Waals surface area contributed by atoms with Gasteiger partial charge in [-0.3, -0.25) is 0 Å². The zero-order chi connectivity index (χ0) is 12.5. The molecule has 2 aromatic carbocycles. The van der Waals surface area contributed by atoms with Gasteiger partial charge in [0.2, 0.25) is 0 Å². The van der Waals surface area contributed by atoms with Crippen LogP contribution in [0.4, 0.5) is 0 Å². The first-order valence-corrected chi connectivity index (χ1v) is 7.48. The molecule has 0 saturated carbocycles. The van der Waals surface area contributed by atoms with E-state index in [-0.39, 0.29) is 0 Å². The summed E-state index contributed by atoms with van der Waals surface area (Å²) in [6, 6.07) is 18.9. The van der Waals surface area contributed by atoms with Gasteiger partial charge in [-0.25, -0.2) is 0 Å². The molecule has 86 valence electrons. The van der Waals surface area contributed by atoms with Crippen LogP contribution in [0.5, 0.6) is 0 Å². The van der Waals surface area contributed by atoms with Gasteiger partial charge >= 0.3 is 112 Å². The maximum absolute atomic E-state index is 8.81. The summed E-state index contributed by atoms with van der Waals surface area (Å²) in [4.78, 5) is 0. The molecular formula is C16H11NSe. The fourth-order valence-electron chi connectivity index (χ4n) is 1.99. The van der Waals surface area contributed by atoms with Gasteiger partial charge in [0.25, 0.3) is 0 Å². The zero-order valence-corrected chi connectivity index (χ0v) is 11.7. The van der Waals surface area contributed by atoms with E-state index in [9.17, 15) is 0 Å². The van der Waals surface area contributed by atoms with Crippen LogP contribution in [0.1, 0.15) is 11.1 Å². The molecule has 0 spiro atoms. The van der Waals surface area contributed by atoms with E-state index in [2.05, 4.69) is 37.3 Å². The Labute approximate surface area is 112 Å². The van der Waals surface area contributed by atoms with Crippen LogP contribution in [0.2, 0.25) is 0 Å². The standard InChI is InChI=1S/C16H11NSe/c1-11-2-5-14-9-16(18-15(14)8-11)13-6-3-12(10-17)4-7-13/h2-9H,1H3. The molecule has 0 fully saturated rings. The fourth-order valence-corrected chi connectivity index (χ4v) is 4.44. The number of benzene rings is 2. The van der Waals surface area contributed by atoms with E-state index in [4.69, 9.17) is 5.26 Å². The number of nitriles is 1. The minimum atomic E-state index is 0.384. The van der Waals surface area contributed by atoms with Crippen molar-refractivity contribution < 1.29 is 0 Å². The summed E-state index contributed by atoms with van der Waals surface area (Å²) in [7, 11) is 0. The fraction of sp³-hybridized carbons (Fsp3) is 0.0625. The molecule has 1 nitrogen and oxygen atoms in total. The molecule has 0 N–H and O–H groups in total. The molecular weight excluding hydrogens is 285 g/mol. The first-order valence-electron chi connectivity index (χ1n) is 5.77. The predicted octanol–water partition coefficient (Wildman–Crippen LogP) is 3.74. The normalized spacial score (nSPS) is 10.4. The van der Waals surface area contributed by atoms with Crippen molar-refractivity contribution in [2.45, 2.75) is 6.92 Å². The number of hydrogen-bond donors (Lipinski definition) is 0. The summed E-state index contributed by atoms with van der Waals surface area (Å²) in [5, 5.41) is 10.2. The summed E-state index contributed by atoms with van der Waals surface area (Å²) in [6.45, 7) is 2.13.